The molecular formula is C14H22N2OS. The molecule has 2 rings (SSSR count). The number of likely N-dealkylation sites (tertiary alicyclic amines) is 1. The zero-order valence-corrected chi connectivity index (χ0v) is 12.1. The number of carbonyl (C=O) groups is 1. The maximum absolute atomic E-state index is 11.8. The van der Waals surface area contributed by atoms with Crippen molar-refractivity contribution >= 4 is 17.2 Å². The lowest BCUT2D eigenvalue weighted by Gasteiger charge is -2.26. The fourth-order valence-electron chi connectivity index (χ4n) is 2.57. The van der Waals surface area contributed by atoms with Gasteiger partial charge in [-0.3, -0.25) is 9.69 Å². The Bertz CT molecular complexity index is 377. The van der Waals surface area contributed by atoms with Crippen LogP contribution in [0.2, 0.25) is 0 Å². The van der Waals surface area contributed by atoms with E-state index in [2.05, 4.69) is 36.4 Å². The highest BCUT2D eigenvalue weighted by Gasteiger charge is 2.23. The van der Waals surface area contributed by atoms with Crippen LogP contribution in [-0.2, 0) is 11.3 Å². The molecule has 1 aliphatic heterocycles. The number of hydrogen-bond donors (Lipinski definition) is 0. The highest BCUT2D eigenvalue weighted by molar-refractivity contribution is 7.09. The van der Waals surface area contributed by atoms with Gasteiger partial charge in [-0.1, -0.05) is 6.07 Å². The standard InChI is InChI=1S/C14H22N2OS/c1-3-16-9-8-12(6-7-14(16)17)15(2)11-13-5-4-10-18-13/h4-5,10,12H,3,6-9,11H2,1-2H3. The first-order valence-electron chi connectivity index (χ1n) is 6.71. The number of amides is 1. The van der Waals surface area contributed by atoms with Gasteiger partial charge in [0.05, 0.1) is 0 Å². The average Bonchev–Trinajstić information content (AvgIpc) is 2.78. The van der Waals surface area contributed by atoms with Gasteiger partial charge in [-0.25, -0.2) is 0 Å². The smallest absolute Gasteiger partial charge is 0.222 e. The minimum atomic E-state index is 0.324. The molecule has 1 aromatic heterocycles. The van der Waals surface area contributed by atoms with Gasteiger partial charge in [0.1, 0.15) is 0 Å². The molecule has 1 saturated heterocycles. The summed E-state index contributed by atoms with van der Waals surface area (Å²) in [5.74, 6) is 0.324. The molecule has 0 spiro atoms. The Labute approximate surface area is 113 Å². The van der Waals surface area contributed by atoms with Gasteiger partial charge in [0, 0.05) is 37.0 Å². The van der Waals surface area contributed by atoms with Crippen molar-refractivity contribution in [1.82, 2.24) is 9.80 Å². The van der Waals surface area contributed by atoms with Crippen molar-refractivity contribution in [1.29, 1.82) is 0 Å². The molecule has 100 valence electrons. The third kappa shape index (κ3) is 3.33. The molecule has 1 aliphatic rings. The van der Waals surface area contributed by atoms with E-state index >= 15 is 0 Å². The Morgan fingerprint density at radius 2 is 2.33 bits per heavy atom. The van der Waals surface area contributed by atoms with Crippen molar-refractivity contribution in [2.75, 3.05) is 20.1 Å². The molecular weight excluding hydrogens is 244 g/mol. The summed E-state index contributed by atoms with van der Waals surface area (Å²) in [5.41, 5.74) is 0. The summed E-state index contributed by atoms with van der Waals surface area (Å²) in [4.78, 5) is 17.6. The lowest BCUT2D eigenvalue weighted by Crippen LogP contribution is -2.33. The van der Waals surface area contributed by atoms with Gasteiger partial charge in [-0.05, 0) is 38.3 Å². The van der Waals surface area contributed by atoms with Crippen LogP contribution in [0.4, 0.5) is 0 Å². The predicted molar refractivity (Wildman–Crippen MR) is 75.7 cm³/mol. The van der Waals surface area contributed by atoms with Crippen LogP contribution in [0.1, 0.15) is 31.1 Å². The molecule has 2 heterocycles. The van der Waals surface area contributed by atoms with Crippen molar-refractivity contribution in [2.24, 2.45) is 0 Å². The van der Waals surface area contributed by atoms with Gasteiger partial charge in [0.2, 0.25) is 5.91 Å². The second-order valence-corrected chi connectivity index (χ2v) is 5.98. The van der Waals surface area contributed by atoms with Gasteiger partial charge in [0.25, 0.3) is 0 Å². The molecule has 0 aromatic carbocycles. The lowest BCUT2D eigenvalue weighted by molar-refractivity contribution is -0.130. The second-order valence-electron chi connectivity index (χ2n) is 4.95. The summed E-state index contributed by atoms with van der Waals surface area (Å²) >= 11 is 1.81. The topological polar surface area (TPSA) is 23.6 Å². The van der Waals surface area contributed by atoms with Crippen molar-refractivity contribution in [3.8, 4) is 0 Å². The van der Waals surface area contributed by atoms with E-state index in [9.17, 15) is 4.79 Å². The SMILES string of the molecule is CCN1CCC(N(C)Cc2cccs2)CCC1=O. The molecule has 0 N–H and O–H groups in total. The zero-order chi connectivity index (χ0) is 13.0. The quantitative estimate of drug-likeness (QED) is 0.836. The monoisotopic (exact) mass is 266 g/mol. The van der Waals surface area contributed by atoms with Crippen LogP contribution >= 0.6 is 11.3 Å². The van der Waals surface area contributed by atoms with E-state index < -0.39 is 0 Å². The Morgan fingerprint density at radius 1 is 1.50 bits per heavy atom. The third-order valence-corrected chi connectivity index (χ3v) is 4.63. The predicted octanol–water partition coefficient (Wildman–Crippen LogP) is 2.58. The Kier molecular flexibility index (Phi) is 4.78. The first-order valence-corrected chi connectivity index (χ1v) is 7.59. The van der Waals surface area contributed by atoms with Crippen LogP contribution in [0, 0.1) is 0 Å². The summed E-state index contributed by atoms with van der Waals surface area (Å²) in [6.07, 6.45) is 2.80. The molecule has 1 atom stereocenters. The third-order valence-electron chi connectivity index (χ3n) is 3.77. The lowest BCUT2D eigenvalue weighted by atomic mass is 10.1. The van der Waals surface area contributed by atoms with E-state index in [1.807, 2.05) is 16.2 Å². The molecule has 1 amide bonds. The number of carbonyl (C=O) groups excluding carboxylic acids is 1. The Balaban J connectivity index is 1.91. The fraction of sp³-hybridized carbons (Fsp3) is 0.643. The number of rotatable bonds is 4. The van der Waals surface area contributed by atoms with Gasteiger partial charge in [-0.2, -0.15) is 0 Å². The van der Waals surface area contributed by atoms with Gasteiger partial charge in [-0.15, -0.1) is 11.3 Å². The van der Waals surface area contributed by atoms with Gasteiger partial charge in [0.15, 0.2) is 0 Å². The van der Waals surface area contributed by atoms with Crippen molar-refractivity contribution < 1.29 is 4.79 Å². The highest BCUT2D eigenvalue weighted by atomic mass is 32.1. The van der Waals surface area contributed by atoms with Crippen LogP contribution in [0.15, 0.2) is 17.5 Å². The Hall–Kier alpha value is -0.870. The van der Waals surface area contributed by atoms with Crippen LogP contribution < -0.4 is 0 Å². The first kappa shape index (κ1) is 13.6. The zero-order valence-electron chi connectivity index (χ0n) is 11.3. The van der Waals surface area contributed by atoms with Gasteiger partial charge < -0.3 is 4.90 Å². The van der Waals surface area contributed by atoms with Crippen molar-refractivity contribution in [3.05, 3.63) is 22.4 Å². The molecule has 3 nitrogen and oxygen atoms in total. The second kappa shape index (κ2) is 6.34. The molecule has 1 fully saturated rings. The van der Waals surface area contributed by atoms with E-state index in [1.54, 1.807) is 0 Å². The average molecular weight is 266 g/mol. The normalized spacial score (nSPS) is 21.4. The van der Waals surface area contributed by atoms with Crippen LogP contribution in [0.5, 0.6) is 0 Å². The number of thiophene rings is 1. The molecule has 4 heteroatoms. The molecule has 0 bridgehead atoms. The fourth-order valence-corrected chi connectivity index (χ4v) is 3.34. The number of hydrogen-bond acceptors (Lipinski definition) is 3. The molecule has 18 heavy (non-hydrogen) atoms. The van der Waals surface area contributed by atoms with E-state index in [-0.39, 0.29) is 0 Å². The van der Waals surface area contributed by atoms with Crippen molar-refractivity contribution in [3.63, 3.8) is 0 Å². The van der Waals surface area contributed by atoms with E-state index in [0.29, 0.717) is 18.4 Å². The van der Waals surface area contributed by atoms with Crippen LogP contribution in [0.25, 0.3) is 0 Å². The summed E-state index contributed by atoms with van der Waals surface area (Å²) < 4.78 is 0. The van der Waals surface area contributed by atoms with Gasteiger partial charge >= 0.3 is 0 Å². The molecule has 1 aromatic rings. The first-order chi connectivity index (χ1) is 8.70. The maximum Gasteiger partial charge on any atom is 0.222 e. The minimum Gasteiger partial charge on any atom is -0.343 e. The largest absolute Gasteiger partial charge is 0.343 e. The Morgan fingerprint density at radius 3 is 3.00 bits per heavy atom. The number of nitrogens with zero attached hydrogens (tertiary/aromatic N) is 2. The minimum absolute atomic E-state index is 0.324. The van der Waals surface area contributed by atoms with Crippen LogP contribution in [-0.4, -0.2) is 41.9 Å². The highest BCUT2D eigenvalue weighted by Crippen LogP contribution is 2.20. The summed E-state index contributed by atoms with van der Waals surface area (Å²) in [7, 11) is 2.18. The molecule has 0 saturated carbocycles. The summed E-state index contributed by atoms with van der Waals surface area (Å²) in [5, 5.41) is 2.12. The van der Waals surface area contributed by atoms with E-state index in [1.165, 1.54) is 4.88 Å². The maximum atomic E-state index is 11.8. The molecule has 0 radical (unpaired) electrons. The summed E-state index contributed by atoms with van der Waals surface area (Å²) in [6, 6.07) is 4.82. The van der Waals surface area contributed by atoms with E-state index in [4.69, 9.17) is 0 Å². The van der Waals surface area contributed by atoms with Crippen molar-refractivity contribution in [2.45, 2.75) is 38.8 Å². The van der Waals surface area contributed by atoms with Crippen LogP contribution in [0.3, 0.4) is 0 Å². The van der Waals surface area contributed by atoms with E-state index in [0.717, 1.165) is 32.5 Å². The molecule has 1 unspecified atom stereocenters. The summed E-state index contributed by atoms with van der Waals surface area (Å²) in [6.45, 7) is 4.82. The molecule has 0 aliphatic carbocycles.